The van der Waals surface area contributed by atoms with Crippen LogP contribution in [-0.2, 0) is 5.41 Å². The predicted octanol–water partition coefficient (Wildman–Crippen LogP) is 5.17. The number of hydrogen-bond acceptors (Lipinski definition) is 0. The van der Waals surface area contributed by atoms with Crippen LogP contribution in [0.4, 0.5) is 0 Å². The quantitative estimate of drug-likeness (QED) is 0.635. The van der Waals surface area contributed by atoms with Crippen molar-refractivity contribution in [2.75, 3.05) is 0 Å². The van der Waals surface area contributed by atoms with Crippen molar-refractivity contribution >= 4 is 0 Å². The Morgan fingerprint density at radius 3 is 2.00 bits per heavy atom. The zero-order valence-electron chi connectivity index (χ0n) is 12.5. The third kappa shape index (κ3) is 2.29. The molecule has 0 fully saturated rings. The highest BCUT2D eigenvalue weighted by molar-refractivity contribution is 5.48. The van der Waals surface area contributed by atoms with Gasteiger partial charge in [-0.1, -0.05) is 47.9 Å². The van der Waals surface area contributed by atoms with Gasteiger partial charge in [0.05, 0.1) is 0 Å². The number of benzene rings is 1. The molecule has 0 heterocycles. The standard InChI is InChI=1S/C18H24/c1-12-8-15(4)17(16(5)9-12)18(6)10-13(2)7-14(3)11-18/h7-10H,11H2,1-6H3. The van der Waals surface area contributed by atoms with Crippen molar-refractivity contribution in [3.8, 4) is 0 Å². The smallest absolute Gasteiger partial charge is 0.0151 e. The molecule has 0 spiro atoms. The van der Waals surface area contributed by atoms with Crippen molar-refractivity contribution in [1.82, 2.24) is 0 Å². The van der Waals surface area contributed by atoms with Gasteiger partial charge in [-0.15, -0.1) is 0 Å². The van der Waals surface area contributed by atoms with E-state index >= 15 is 0 Å². The minimum atomic E-state index is 0.158. The highest BCUT2D eigenvalue weighted by Gasteiger charge is 2.29. The molecule has 1 aliphatic carbocycles. The summed E-state index contributed by atoms with van der Waals surface area (Å²) in [6.45, 7) is 13.5. The molecule has 1 atom stereocenters. The van der Waals surface area contributed by atoms with Crippen LogP contribution in [0.15, 0.2) is 35.4 Å². The van der Waals surface area contributed by atoms with Gasteiger partial charge in [-0.2, -0.15) is 0 Å². The number of rotatable bonds is 1. The van der Waals surface area contributed by atoms with E-state index in [9.17, 15) is 0 Å². The van der Waals surface area contributed by atoms with Gasteiger partial charge in [0.15, 0.2) is 0 Å². The Bertz CT molecular complexity index is 520. The average molecular weight is 240 g/mol. The first-order chi connectivity index (χ1) is 8.32. The maximum Gasteiger partial charge on any atom is 0.0151 e. The second kappa shape index (κ2) is 4.42. The van der Waals surface area contributed by atoms with Crippen LogP contribution in [0.25, 0.3) is 0 Å². The van der Waals surface area contributed by atoms with Crippen LogP contribution in [-0.4, -0.2) is 0 Å². The highest BCUT2D eigenvalue weighted by atomic mass is 14.3. The molecule has 1 unspecified atom stereocenters. The first kappa shape index (κ1) is 13.1. The van der Waals surface area contributed by atoms with Crippen molar-refractivity contribution in [2.45, 2.75) is 53.4 Å². The average Bonchev–Trinajstić information content (AvgIpc) is 2.11. The van der Waals surface area contributed by atoms with E-state index < -0.39 is 0 Å². The lowest BCUT2D eigenvalue weighted by Crippen LogP contribution is -2.24. The fourth-order valence-electron chi connectivity index (χ4n) is 3.86. The van der Waals surface area contributed by atoms with E-state index in [-0.39, 0.29) is 5.41 Å². The molecule has 1 aromatic rings. The summed E-state index contributed by atoms with van der Waals surface area (Å²) in [5.74, 6) is 0. The van der Waals surface area contributed by atoms with E-state index in [4.69, 9.17) is 0 Å². The van der Waals surface area contributed by atoms with Gasteiger partial charge in [0.25, 0.3) is 0 Å². The molecule has 0 aliphatic heterocycles. The van der Waals surface area contributed by atoms with Crippen LogP contribution in [0, 0.1) is 20.8 Å². The molecule has 0 saturated carbocycles. The first-order valence-electron chi connectivity index (χ1n) is 6.77. The van der Waals surface area contributed by atoms with Crippen molar-refractivity contribution in [1.29, 1.82) is 0 Å². The molecule has 0 amide bonds. The molecule has 96 valence electrons. The summed E-state index contributed by atoms with van der Waals surface area (Å²) in [5.41, 5.74) is 8.76. The molecule has 0 nitrogen and oxygen atoms in total. The number of allylic oxidation sites excluding steroid dienone is 4. The molecular weight excluding hydrogens is 216 g/mol. The normalized spacial score (nSPS) is 23.7. The second-order valence-corrected chi connectivity index (χ2v) is 6.25. The van der Waals surface area contributed by atoms with Crippen molar-refractivity contribution in [3.63, 3.8) is 0 Å². The Balaban J connectivity index is 2.59. The third-order valence-electron chi connectivity index (χ3n) is 3.91. The summed E-state index contributed by atoms with van der Waals surface area (Å²) in [6, 6.07) is 4.62. The van der Waals surface area contributed by atoms with Crippen LogP contribution in [0.2, 0.25) is 0 Å². The monoisotopic (exact) mass is 240 g/mol. The van der Waals surface area contributed by atoms with Crippen LogP contribution in [0.1, 0.15) is 49.4 Å². The van der Waals surface area contributed by atoms with Gasteiger partial charge in [-0.05, 0) is 57.7 Å². The zero-order valence-corrected chi connectivity index (χ0v) is 12.5. The molecule has 0 heteroatoms. The van der Waals surface area contributed by atoms with Gasteiger partial charge in [-0.3, -0.25) is 0 Å². The van der Waals surface area contributed by atoms with Crippen molar-refractivity contribution < 1.29 is 0 Å². The van der Waals surface area contributed by atoms with Crippen molar-refractivity contribution in [3.05, 3.63) is 57.7 Å². The lowest BCUT2D eigenvalue weighted by atomic mass is 9.70. The third-order valence-corrected chi connectivity index (χ3v) is 3.91. The minimum absolute atomic E-state index is 0.158. The number of aryl methyl sites for hydroxylation is 3. The molecule has 0 N–H and O–H groups in total. The van der Waals surface area contributed by atoms with Gasteiger partial charge >= 0.3 is 0 Å². The Labute approximate surface area is 111 Å². The largest absolute Gasteiger partial charge is 0.0719 e. The van der Waals surface area contributed by atoms with Crippen molar-refractivity contribution in [2.24, 2.45) is 0 Å². The minimum Gasteiger partial charge on any atom is -0.0719 e. The molecular formula is C18H24. The fourth-order valence-corrected chi connectivity index (χ4v) is 3.86. The van der Waals surface area contributed by atoms with Gasteiger partial charge in [0.2, 0.25) is 0 Å². The summed E-state index contributed by atoms with van der Waals surface area (Å²) in [7, 11) is 0. The lowest BCUT2D eigenvalue weighted by Gasteiger charge is -2.34. The molecule has 2 rings (SSSR count). The summed E-state index contributed by atoms with van der Waals surface area (Å²) in [4.78, 5) is 0. The molecule has 0 aromatic heterocycles. The van der Waals surface area contributed by atoms with Crippen LogP contribution in [0.5, 0.6) is 0 Å². The predicted molar refractivity (Wildman–Crippen MR) is 80.1 cm³/mol. The van der Waals surface area contributed by atoms with E-state index in [2.05, 4.69) is 65.8 Å². The molecule has 18 heavy (non-hydrogen) atoms. The maximum absolute atomic E-state index is 2.44. The van der Waals surface area contributed by atoms with Gasteiger partial charge < -0.3 is 0 Å². The van der Waals surface area contributed by atoms with Crippen LogP contribution in [0.3, 0.4) is 0 Å². The Hall–Kier alpha value is -1.30. The Kier molecular flexibility index (Phi) is 3.23. The van der Waals surface area contributed by atoms with Gasteiger partial charge in [0.1, 0.15) is 0 Å². The molecule has 1 aromatic carbocycles. The SMILES string of the molecule is CC1=CC(C)(c2c(C)cc(C)cc2C)CC(C)=C1. The van der Waals surface area contributed by atoms with E-state index in [0.29, 0.717) is 0 Å². The van der Waals surface area contributed by atoms with E-state index in [1.54, 1.807) is 0 Å². The topological polar surface area (TPSA) is 0 Å². The van der Waals surface area contributed by atoms with Crippen LogP contribution >= 0.6 is 0 Å². The van der Waals surface area contributed by atoms with Gasteiger partial charge in [-0.25, -0.2) is 0 Å². The molecule has 0 radical (unpaired) electrons. The summed E-state index contributed by atoms with van der Waals surface area (Å²) in [5, 5.41) is 0. The van der Waals surface area contributed by atoms with E-state index in [0.717, 1.165) is 6.42 Å². The first-order valence-corrected chi connectivity index (χ1v) is 6.77. The second-order valence-electron chi connectivity index (χ2n) is 6.25. The zero-order chi connectivity index (χ0) is 13.5. The van der Waals surface area contributed by atoms with Crippen LogP contribution < -0.4 is 0 Å². The van der Waals surface area contributed by atoms with E-state index in [1.165, 1.54) is 33.4 Å². The summed E-state index contributed by atoms with van der Waals surface area (Å²) >= 11 is 0. The Morgan fingerprint density at radius 1 is 0.944 bits per heavy atom. The van der Waals surface area contributed by atoms with Gasteiger partial charge in [0, 0.05) is 5.41 Å². The maximum atomic E-state index is 2.44. The molecule has 0 saturated heterocycles. The summed E-state index contributed by atoms with van der Waals surface area (Å²) in [6.07, 6.45) is 5.88. The summed E-state index contributed by atoms with van der Waals surface area (Å²) < 4.78 is 0. The lowest BCUT2D eigenvalue weighted by molar-refractivity contribution is 0.568. The highest BCUT2D eigenvalue weighted by Crippen LogP contribution is 2.40. The molecule has 0 bridgehead atoms. The van der Waals surface area contributed by atoms with E-state index in [1.807, 2.05) is 0 Å². The Morgan fingerprint density at radius 2 is 1.50 bits per heavy atom. The molecule has 1 aliphatic rings. The number of hydrogen-bond donors (Lipinski definition) is 0. The fraction of sp³-hybridized carbons (Fsp3) is 0.444.